The Hall–Kier alpha value is -2.14. The summed E-state index contributed by atoms with van der Waals surface area (Å²) in [4.78, 5) is 31.7. The van der Waals surface area contributed by atoms with Crippen LogP contribution in [0.15, 0.2) is 41.8 Å². The number of benzene rings is 1. The predicted molar refractivity (Wildman–Crippen MR) is 126 cm³/mol. The monoisotopic (exact) mass is 438 g/mol. The normalized spacial score (nSPS) is 18.0. The van der Waals surface area contributed by atoms with E-state index in [9.17, 15) is 9.59 Å². The maximum atomic E-state index is 13.5. The van der Waals surface area contributed by atoms with Crippen LogP contribution >= 0.6 is 11.3 Å². The first-order valence-electron chi connectivity index (χ1n) is 11.9. The van der Waals surface area contributed by atoms with Crippen molar-refractivity contribution in [2.24, 2.45) is 0 Å². The van der Waals surface area contributed by atoms with Crippen molar-refractivity contribution in [3.05, 3.63) is 57.8 Å². The van der Waals surface area contributed by atoms with Gasteiger partial charge in [0, 0.05) is 23.9 Å². The van der Waals surface area contributed by atoms with Gasteiger partial charge in [-0.1, -0.05) is 62.9 Å². The molecule has 0 N–H and O–H groups in total. The molecular formula is C26H34N2O2S. The van der Waals surface area contributed by atoms with Gasteiger partial charge in [0.1, 0.15) is 6.54 Å². The van der Waals surface area contributed by atoms with E-state index in [1.165, 1.54) is 29.7 Å². The summed E-state index contributed by atoms with van der Waals surface area (Å²) in [5.41, 5.74) is 2.39. The lowest BCUT2D eigenvalue weighted by atomic mass is 9.93. The smallest absolute Gasteiger partial charge is 0.243 e. The quantitative estimate of drug-likeness (QED) is 0.455. The van der Waals surface area contributed by atoms with E-state index in [0.29, 0.717) is 6.42 Å². The van der Waals surface area contributed by atoms with Crippen LogP contribution in [0, 0.1) is 0 Å². The van der Waals surface area contributed by atoms with Crippen LogP contribution in [0.3, 0.4) is 0 Å². The minimum Gasteiger partial charge on any atom is -0.330 e. The molecule has 1 unspecified atom stereocenters. The van der Waals surface area contributed by atoms with Crippen molar-refractivity contribution in [1.82, 2.24) is 9.80 Å². The van der Waals surface area contributed by atoms with Crippen molar-refractivity contribution in [2.45, 2.75) is 76.8 Å². The molecule has 0 bridgehead atoms. The van der Waals surface area contributed by atoms with Gasteiger partial charge in [0.05, 0.1) is 6.04 Å². The van der Waals surface area contributed by atoms with Gasteiger partial charge in [0.15, 0.2) is 0 Å². The number of carbonyl (C=O) groups is 2. The highest BCUT2D eigenvalue weighted by atomic mass is 32.1. The van der Waals surface area contributed by atoms with E-state index >= 15 is 0 Å². The van der Waals surface area contributed by atoms with Gasteiger partial charge >= 0.3 is 0 Å². The molecule has 4 nitrogen and oxygen atoms in total. The van der Waals surface area contributed by atoms with Gasteiger partial charge in [0.2, 0.25) is 11.8 Å². The summed E-state index contributed by atoms with van der Waals surface area (Å²) in [6.45, 7) is 3.14. The first-order chi connectivity index (χ1) is 15.2. The molecule has 1 atom stereocenters. The number of nitrogens with zero attached hydrogens (tertiary/aromatic N) is 2. The molecule has 31 heavy (non-hydrogen) atoms. The number of hydrogen-bond donors (Lipinski definition) is 0. The third kappa shape index (κ3) is 5.38. The van der Waals surface area contributed by atoms with Crippen LogP contribution in [0.25, 0.3) is 0 Å². The first kappa shape index (κ1) is 22.1. The summed E-state index contributed by atoms with van der Waals surface area (Å²) in [7, 11) is 0. The van der Waals surface area contributed by atoms with E-state index in [2.05, 4.69) is 30.5 Å². The minimum absolute atomic E-state index is 0.0473. The Bertz CT molecular complexity index is 875. The Morgan fingerprint density at radius 3 is 2.58 bits per heavy atom. The zero-order valence-electron chi connectivity index (χ0n) is 18.6. The number of rotatable bonds is 10. The molecule has 2 aliphatic rings. The van der Waals surface area contributed by atoms with E-state index in [1.54, 1.807) is 11.3 Å². The highest BCUT2D eigenvalue weighted by Crippen LogP contribution is 2.38. The number of fused-ring (bicyclic) bond motifs is 1. The zero-order valence-corrected chi connectivity index (χ0v) is 19.4. The zero-order chi connectivity index (χ0) is 21.6. The van der Waals surface area contributed by atoms with Crippen LogP contribution in [0.1, 0.15) is 80.3 Å². The van der Waals surface area contributed by atoms with Crippen molar-refractivity contribution in [1.29, 1.82) is 0 Å². The summed E-state index contributed by atoms with van der Waals surface area (Å²) in [6.07, 6.45) is 9.22. The second-order valence-electron chi connectivity index (χ2n) is 8.87. The Labute approximate surface area is 190 Å². The SMILES string of the molecule is CCCCCCCC(=O)N(CC(=O)N1CCc2sccc2C1c1ccccc1)C1CC1. The number of hydrogen-bond acceptors (Lipinski definition) is 3. The second kappa shape index (κ2) is 10.4. The molecule has 1 saturated carbocycles. The topological polar surface area (TPSA) is 40.6 Å². The highest BCUT2D eigenvalue weighted by molar-refractivity contribution is 7.10. The van der Waals surface area contributed by atoms with Crippen molar-refractivity contribution in [3.63, 3.8) is 0 Å². The molecule has 1 aliphatic heterocycles. The summed E-state index contributed by atoms with van der Waals surface area (Å²) in [6, 6.07) is 12.7. The fraction of sp³-hybridized carbons (Fsp3) is 0.538. The summed E-state index contributed by atoms with van der Waals surface area (Å²) >= 11 is 1.78. The van der Waals surface area contributed by atoms with Gasteiger partial charge in [0.25, 0.3) is 0 Å². The Morgan fingerprint density at radius 1 is 1.06 bits per heavy atom. The lowest BCUT2D eigenvalue weighted by Crippen LogP contribution is -2.47. The fourth-order valence-electron chi connectivity index (χ4n) is 4.65. The van der Waals surface area contributed by atoms with Gasteiger partial charge in [-0.3, -0.25) is 9.59 Å². The highest BCUT2D eigenvalue weighted by Gasteiger charge is 2.37. The van der Waals surface area contributed by atoms with Crippen LogP contribution in [0.4, 0.5) is 0 Å². The molecule has 1 aromatic carbocycles. The van der Waals surface area contributed by atoms with Crippen molar-refractivity contribution < 1.29 is 9.59 Å². The maximum Gasteiger partial charge on any atom is 0.243 e. The molecule has 0 spiro atoms. The first-order valence-corrected chi connectivity index (χ1v) is 12.8. The third-order valence-corrected chi connectivity index (χ3v) is 7.51. The second-order valence-corrected chi connectivity index (χ2v) is 9.87. The van der Waals surface area contributed by atoms with Gasteiger partial charge in [-0.2, -0.15) is 0 Å². The lowest BCUT2D eigenvalue weighted by Gasteiger charge is -2.37. The van der Waals surface area contributed by atoms with E-state index < -0.39 is 0 Å². The molecule has 166 valence electrons. The van der Waals surface area contributed by atoms with Crippen LogP contribution in [-0.2, 0) is 16.0 Å². The van der Waals surface area contributed by atoms with Crippen LogP contribution in [0.2, 0.25) is 0 Å². The maximum absolute atomic E-state index is 13.5. The molecule has 2 heterocycles. The molecular weight excluding hydrogens is 404 g/mol. The predicted octanol–water partition coefficient (Wildman–Crippen LogP) is 5.57. The number of unbranched alkanes of at least 4 members (excludes halogenated alkanes) is 4. The molecule has 1 aromatic heterocycles. The van der Waals surface area contributed by atoms with Gasteiger partial charge in [-0.05, 0) is 48.3 Å². The molecule has 4 rings (SSSR count). The molecule has 5 heteroatoms. The molecule has 1 fully saturated rings. The van der Waals surface area contributed by atoms with Gasteiger partial charge < -0.3 is 9.80 Å². The fourth-order valence-corrected chi connectivity index (χ4v) is 5.55. The van der Waals surface area contributed by atoms with Gasteiger partial charge in [-0.15, -0.1) is 11.3 Å². The number of amides is 2. The average Bonchev–Trinajstić information content (AvgIpc) is 3.52. The van der Waals surface area contributed by atoms with E-state index in [-0.39, 0.29) is 30.4 Å². The Morgan fingerprint density at radius 2 is 1.84 bits per heavy atom. The summed E-state index contributed by atoms with van der Waals surface area (Å²) in [5, 5.41) is 2.13. The van der Waals surface area contributed by atoms with Gasteiger partial charge in [-0.25, -0.2) is 0 Å². The van der Waals surface area contributed by atoms with Crippen molar-refractivity contribution in [3.8, 4) is 0 Å². The molecule has 2 amide bonds. The Kier molecular flexibility index (Phi) is 7.44. The van der Waals surface area contributed by atoms with E-state index in [1.807, 2.05) is 28.0 Å². The Balaban J connectivity index is 1.45. The van der Waals surface area contributed by atoms with E-state index in [4.69, 9.17) is 0 Å². The summed E-state index contributed by atoms with van der Waals surface area (Å²) < 4.78 is 0. The van der Waals surface area contributed by atoms with Crippen molar-refractivity contribution >= 4 is 23.2 Å². The largest absolute Gasteiger partial charge is 0.330 e. The number of thiophene rings is 1. The number of carbonyl (C=O) groups excluding carboxylic acids is 2. The molecule has 0 radical (unpaired) electrons. The summed E-state index contributed by atoms with van der Waals surface area (Å²) in [5.74, 6) is 0.244. The standard InChI is InChI=1S/C26H34N2O2S/c1-2-3-4-5-9-12-24(29)28(21-13-14-21)19-25(30)27-17-15-23-22(16-18-31-23)26(27)20-10-7-6-8-11-20/h6-8,10-11,16,18,21,26H,2-5,9,12-15,17,19H2,1H3. The lowest BCUT2D eigenvalue weighted by molar-refractivity contribution is -0.142. The van der Waals surface area contributed by atoms with Crippen LogP contribution in [-0.4, -0.2) is 40.7 Å². The molecule has 0 saturated heterocycles. The minimum atomic E-state index is -0.0473. The van der Waals surface area contributed by atoms with Crippen LogP contribution in [0.5, 0.6) is 0 Å². The van der Waals surface area contributed by atoms with Crippen LogP contribution < -0.4 is 0 Å². The third-order valence-electron chi connectivity index (χ3n) is 6.51. The molecule has 2 aromatic rings. The molecule has 1 aliphatic carbocycles. The van der Waals surface area contributed by atoms with E-state index in [0.717, 1.165) is 44.2 Å². The van der Waals surface area contributed by atoms with Crippen molar-refractivity contribution in [2.75, 3.05) is 13.1 Å². The average molecular weight is 439 g/mol.